The van der Waals surface area contributed by atoms with E-state index in [0.29, 0.717) is 6.41 Å². The Labute approximate surface area is 43.3 Å². The molecule has 0 spiro atoms. The molecule has 30 valence electrons. The van der Waals surface area contributed by atoms with Crippen LogP contribution in [-0.4, -0.2) is 6.41 Å². The van der Waals surface area contributed by atoms with Crippen LogP contribution in [0.15, 0.2) is 0 Å². The van der Waals surface area contributed by atoms with E-state index in [0.717, 1.165) is 0 Å². The van der Waals surface area contributed by atoms with E-state index in [1.807, 2.05) is 5.48 Å². The Balaban J connectivity index is 2.40. The number of carbonyl (C=O) groups excluding carboxylic acids is 1. The monoisotopic (exact) mass is 187 g/mol. The van der Waals surface area contributed by atoms with Crippen molar-refractivity contribution in [1.29, 1.82) is 0 Å². The largest absolute Gasteiger partial charge is 0.277 e. The van der Waals surface area contributed by atoms with Crippen molar-refractivity contribution >= 4 is 29.4 Å². The van der Waals surface area contributed by atoms with Gasteiger partial charge < -0.3 is 0 Å². The molecule has 0 fully saturated rings. The van der Waals surface area contributed by atoms with Gasteiger partial charge >= 0.3 is 0 Å². The van der Waals surface area contributed by atoms with Crippen molar-refractivity contribution < 1.29 is 7.96 Å². The van der Waals surface area contributed by atoms with Crippen molar-refractivity contribution in [2.75, 3.05) is 0 Å². The molecule has 0 aliphatic carbocycles. The van der Waals surface area contributed by atoms with Gasteiger partial charge in [-0.1, -0.05) is 0 Å². The lowest BCUT2D eigenvalue weighted by molar-refractivity contribution is -0.113. The summed E-state index contributed by atoms with van der Waals surface area (Å²) in [5.74, 6) is 0. The first-order valence-corrected chi connectivity index (χ1v) is 1.76. The molecule has 0 rings (SSSR count). The molecule has 4 heteroatoms. The Morgan fingerprint density at radius 2 is 2.60 bits per heavy atom. The summed E-state index contributed by atoms with van der Waals surface area (Å²) in [7, 11) is 0. The minimum absolute atomic E-state index is 0.451. The van der Waals surface area contributed by atoms with Gasteiger partial charge in [0.25, 0.3) is 0 Å². The average molecular weight is 187 g/mol. The van der Waals surface area contributed by atoms with E-state index in [-0.39, 0.29) is 0 Å². The number of rotatable bonds is 2. The Morgan fingerprint density at radius 1 is 2.00 bits per heavy atom. The second-order valence-electron chi connectivity index (χ2n) is 0.313. The zero-order valence-corrected chi connectivity index (χ0v) is 4.43. The van der Waals surface area contributed by atoms with Crippen molar-refractivity contribution in [1.82, 2.24) is 5.48 Å². The lowest BCUT2D eigenvalue weighted by atomic mass is 11.5. The summed E-state index contributed by atoms with van der Waals surface area (Å²) < 4.78 is 4.04. The summed E-state index contributed by atoms with van der Waals surface area (Å²) in [6.07, 6.45) is 0.451. The number of carbonyl (C=O) groups is 1. The molecule has 0 unspecified atom stereocenters. The topological polar surface area (TPSA) is 38.3 Å². The second kappa shape index (κ2) is 4.16. The number of hydrogen-bond donors (Lipinski definition) is 1. The van der Waals surface area contributed by atoms with Crippen LogP contribution in [0, 0.1) is 0 Å². The van der Waals surface area contributed by atoms with E-state index < -0.39 is 0 Å². The van der Waals surface area contributed by atoms with E-state index >= 15 is 0 Å². The Morgan fingerprint density at radius 3 is 2.60 bits per heavy atom. The van der Waals surface area contributed by atoms with Crippen LogP contribution < -0.4 is 5.48 Å². The second-order valence-corrected chi connectivity index (χ2v) is 0.753. The van der Waals surface area contributed by atoms with E-state index in [1.165, 1.54) is 0 Å². The van der Waals surface area contributed by atoms with Crippen molar-refractivity contribution in [2.24, 2.45) is 0 Å². The molecule has 0 bridgehead atoms. The number of hydroxylamine groups is 1. The Kier molecular flexibility index (Phi) is 4.29. The van der Waals surface area contributed by atoms with Gasteiger partial charge in [0, 0.05) is 0 Å². The van der Waals surface area contributed by atoms with Crippen LogP contribution in [0.25, 0.3) is 0 Å². The molecule has 0 heterocycles. The maximum atomic E-state index is 9.16. The molecule has 1 amide bonds. The summed E-state index contributed by atoms with van der Waals surface area (Å²) in [5.41, 5.74) is 1.92. The van der Waals surface area contributed by atoms with Gasteiger partial charge in [-0.2, -0.15) is 0 Å². The molecular weight excluding hydrogens is 185 g/mol. The smallest absolute Gasteiger partial charge is 0.231 e. The SMILES string of the molecule is O=CNOI. The molecule has 0 radical (unpaired) electrons. The lowest BCUT2D eigenvalue weighted by Crippen LogP contribution is -2.01. The molecule has 0 atom stereocenters. The molecule has 3 nitrogen and oxygen atoms in total. The molecule has 5 heavy (non-hydrogen) atoms. The fourth-order valence-corrected chi connectivity index (χ4v) is 0.122. The van der Waals surface area contributed by atoms with Crippen LogP contribution in [0.5, 0.6) is 0 Å². The number of hydrogen-bond acceptors (Lipinski definition) is 2. The first-order valence-electron chi connectivity index (χ1n) is 0.883. The molecule has 0 saturated heterocycles. The maximum Gasteiger partial charge on any atom is 0.231 e. The number of halogens is 1. The van der Waals surface area contributed by atoms with Gasteiger partial charge in [0.15, 0.2) is 0 Å². The molecule has 0 aliphatic heterocycles. The summed E-state index contributed by atoms with van der Waals surface area (Å²) in [6, 6.07) is 0. The highest BCUT2D eigenvalue weighted by Crippen LogP contribution is 1.70. The Bertz CT molecular complexity index is 30.8. The molecule has 0 aliphatic rings. The summed E-state index contributed by atoms with van der Waals surface area (Å²) >= 11 is 1.55. The van der Waals surface area contributed by atoms with Crippen LogP contribution in [0.2, 0.25) is 0 Å². The van der Waals surface area contributed by atoms with Gasteiger partial charge in [-0.25, -0.2) is 8.65 Å². The summed E-state index contributed by atoms with van der Waals surface area (Å²) in [5, 5.41) is 0. The van der Waals surface area contributed by atoms with Crippen LogP contribution in [0.4, 0.5) is 0 Å². The van der Waals surface area contributed by atoms with Crippen LogP contribution in [0.1, 0.15) is 0 Å². The van der Waals surface area contributed by atoms with Gasteiger partial charge in [0.1, 0.15) is 23.0 Å². The van der Waals surface area contributed by atoms with E-state index in [2.05, 4.69) is 3.17 Å². The predicted molar refractivity (Wildman–Crippen MR) is 24.3 cm³/mol. The third kappa shape index (κ3) is 4.16. The first-order chi connectivity index (χ1) is 2.41. The highest BCUT2D eigenvalue weighted by atomic mass is 127. The van der Waals surface area contributed by atoms with E-state index in [4.69, 9.17) is 4.79 Å². The zero-order valence-electron chi connectivity index (χ0n) is 2.27. The zero-order chi connectivity index (χ0) is 4.12. The fraction of sp³-hybridized carbons (Fsp3) is 0. The van der Waals surface area contributed by atoms with Crippen molar-refractivity contribution in [3.63, 3.8) is 0 Å². The number of amides is 1. The molecular formula is CH2INO2. The maximum absolute atomic E-state index is 9.16. The van der Waals surface area contributed by atoms with E-state index in [9.17, 15) is 0 Å². The molecule has 0 aromatic rings. The fourth-order valence-electron chi connectivity index (χ4n) is 0.0182. The highest BCUT2D eigenvalue weighted by molar-refractivity contribution is 14.1. The third-order valence-corrected chi connectivity index (χ3v) is 0.347. The minimum Gasteiger partial charge on any atom is -0.277 e. The van der Waals surface area contributed by atoms with Crippen LogP contribution >= 0.6 is 23.0 Å². The van der Waals surface area contributed by atoms with Crippen LogP contribution in [0.3, 0.4) is 0 Å². The molecule has 0 saturated carbocycles. The van der Waals surface area contributed by atoms with Gasteiger partial charge in [0.05, 0.1) is 0 Å². The number of nitrogens with one attached hydrogen (secondary N) is 1. The summed E-state index contributed by atoms with van der Waals surface area (Å²) in [6.45, 7) is 0. The average Bonchev–Trinajstić information content (AvgIpc) is 1.41. The van der Waals surface area contributed by atoms with Crippen molar-refractivity contribution in [3.05, 3.63) is 0 Å². The molecule has 0 aromatic heterocycles. The van der Waals surface area contributed by atoms with Gasteiger partial charge in [-0.05, 0) is 0 Å². The standard InChI is InChI=1S/CH2INO2/c2-5-3-1-4/h1H,(H,3,4). The first kappa shape index (κ1) is 5.16. The predicted octanol–water partition coefficient (Wildman–Crippen LogP) is 0.0140. The van der Waals surface area contributed by atoms with Crippen LogP contribution in [-0.2, 0) is 7.96 Å². The van der Waals surface area contributed by atoms with Gasteiger partial charge in [-0.15, -0.1) is 0 Å². The minimum atomic E-state index is 0.451. The quantitative estimate of drug-likeness (QED) is 0.375. The Hall–Kier alpha value is 0.160. The third-order valence-electron chi connectivity index (χ3n) is 0.0927. The van der Waals surface area contributed by atoms with E-state index in [1.54, 1.807) is 23.0 Å². The lowest BCUT2D eigenvalue weighted by Gasteiger charge is -1.78. The summed E-state index contributed by atoms with van der Waals surface area (Å²) in [4.78, 5) is 9.16. The molecule has 1 N–H and O–H groups in total. The highest BCUT2D eigenvalue weighted by Gasteiger charge is 1.59. The molecule has 0 aromatic carbocycles. The normalized spacial score (nSPS) is 6.60. The van der Waals surface area contributed by atoms with Gasteiger partial charge in [-0.3, -0.25) is 4.79 Å². The van der Waals surface area contributed by atoms with Crippen molar-refractivity contribution in [3.8, 4) is 0 Å². The van der Waals surface area contributed by atoms with Crippen molar-refractivity contribution in [2.45, 2.75) is 0 Å². The van der Waals surface area contributed by atoms with Gasteiger partial charge in [0.2, 0.25) is 6.41 Å².